The molecule has 2 aromatic rings. The molecule has 5 nitrogen and oxygen atoms in total. The van der Waals surface area contributed by atoms with Gasteiger partial charge in [-0.1, -0.05) is 42.5 Å². The molecule has 2 atom stereocenters. The standard InChI is InChI=1S/C19H20N2O3/c1-13(12-20)9-17(19(23)24-2)21-18(22)11-14-7-8-15-5-3-4-6-16(15)10-14/h3-8,10,13,17H,9,11H2,1-2H3,(H,21,22)/t13-,17+/m0/s1. The number of carbonyl (C=O) groups is 2. The molecule has 0 aliphatic rings. The molecule has 124 valence electrons. The van der Waals surface area contributed by atoms with Crippen molar-refractivity contribution in [3.05, 3.63) is 48.0 Å². The molecule has 0 aliphatic heterocycles. The molecular formula is C19H20N2O3. The fourth-order valence-electron chi connectivity index (χ4n) is 2.54. The lowest BCUT2D eigenvalue weighted by Gasteiger charge is -2.17. The summed E-state index contributed by atoms with van der Waals surface area (Å²) in [4.78, 5) is 24.0. The van der Waals surface area contributed by atoms with Crippen LogP contribution in [-0.4, -0.2) is 25.0 Å². The highest BCUT2D eigenvalue weighted by Crippen LogP contribution is 2.16. The lowest BCUT2D eigenvalue weighted by atomic mass is 10.0. The van der Waals surface area contributed by atoms with Crippen molar-refractivity contribution in [2.24, 2.45) is 5.92 Å². The fourth-order valence-corrected chi connectivity index (χ4v) is 2.54. The second-order valence-corrected chi connectivity index (χ2v) is 5.77. The molecule has 2 rings (SSSR count). The second kappa shape index (κ2) is 8.11. The van der Waals surface area contributed by atoms with Crippen LogP contribution in [0.15, 0.2) is 42.5 Å². The number of benzene rings is 2. The maximum Gasteiger partial charge on any atom is 0.328 e. The Morgan fingerprint density at radius 3 is 2.58 bits per heavy atom. The van der Waals surface area contributed by atoms with E-state index in [1.807, 2.05) is 42.5 Å². The molecule has 0 radical (unpaired) electrons. The van der Waals surface area contributed by atoms with E-state index in [0.29, 0.717) is 0 Å². The number of carbonyl (C=O) groups excluding carboxylic acids is 2. The van der Waals surface area contributed by atoms with Gasteiger partial charge in [-0.3, -0.25) is 4.79 Å². The maximum atomic E-state index is 12.2. The van der Waals surface area contributed by atoms with Crippen LogP contribution in [0.3, 0.4) is 0 Å². The first-order valence-electron chi connectivity index (χ1n) is 7.78. The van der Waals surface area contributed by atoms with Crippen LogP contribution in [0, 0.1) is 17.2 Å². The van der Waals surface area contributed by atoms with Gasteiger partial charge >= 0.3 is 5.97 Å². The fraction of sp³-hybridized carbons (Fsp3) is 0.316. The van der Waals surface area contributed by atoms with E-state index >= 15 is 0 Å². The third-order valence-electron chi connectivity index (χ3n) is 3.81. The van der Waals surface area contributed by atoms with E-state index < -0.39 is 12.0 Å². The Bertz CT molecular complexity index is 780. The van der Waals surface area contributed by atoms with Crippen LogP contribution in [0.4, 0.5) is 0 Å². The van der Waals surface area contributed by atoms with Gasteiger partial charge in [0.15, 0.2) is 0 Å². The predicted molar refractivity (Wildman–Crippen MR) is 91.0 cm³/mol. The third-order valence-corrected chi connectivity index (χ3v) is 3.81. The minimum atomic E-state index is -0.808. The number of nitrogens with one attached hydrogen (secondary N) is 1. The molecule has 0 fully saturated rings. The summed E-state index contributed by atoms with van der Waals surface area (Å²) in [5, 5.41) is 13.7. The molecule has 0 bridgehead atoms. The van der Waals surface area contributed by atoms with Crippen molar-refractivity contribution in [1.82, 2.24) is 5.32 Å². The summed E-state index contributed by atoms with van der Waals surface area (Å²) < 4.78 is 4.70. The van der Waals surface area contributed by atoms with Gasteiger partial charge in [-0.05, 0) is 29.7 Å². The van der Waals surface area contributed by atoms with Crippen LogP contribution in [-0.2, 0) is 20.7 Å². The number of rotatable bonds is 6. The molecule has 0 saturated carbocycles. The summed E-state index contributed by atoms with van der Waals surface area (Å²) in [7, 11) is 1.27. The molecule has 5 heteroatoms. The Hall–Kier alpha value is -2.87. The highest BCUT2D eigenvalue weighted by molar-refractivity contribution is 5.87. The Labute approximate surface area is 141 Å². The molecular weight excluding hydrogens is 304 g/mol. The van der Waals surface area contributed by atoms with E-state index in [4.69, 9.17) is 10.00 Å². The Kier molecular flexibility index (Phi) is 5.91. The molecule has 0 aromatic heterocycles. The molecule has 0 aliphatic carbocycles. The van der Waals surface area contributed by atoms with Gasteiger partial charge in [-0.15, -0.1) is 0 Å². The Balaban J connectivity index is 2.06. The van der Waals surface area contributed by atoms with Crippen molar-refractivity contribution < 1.29 is 14.3 Å². The van der Waals surface area contributed by atoms with Gasteiger partial charge in [-0.2, -0.15) is 5.26 Å². The van der Waals surface area contributed by atoms with Gasteiger partial charge in [0, 0.05) is 5.92 Å². The van der Waals surface area contributed by atoms with E-state index in [1.165, 1.54) is 7.11 Å². The number of nitrogens with zero attached hydrogens (tertiary/aromatic N) is 1. The topological polar surface area (TPSA) is 79.2 Å². The van der Waals surface area contributed by atoms with Crippen molar-refractivity contribution in [3.63, 3.8) is 0 Å². The highest BCUT2D eigenvalue weighted by atomic mass is 16.5. The van der Waals surface area contributed by atoms with Crippen molar-refractivity contribution >= 4 is 22.6 Å². The van der Waals surface area contributed by atoms with Crippen LogP contribution in [0.5, 0.6) is 0 Å². The summed E-state index contributed by atoms with van der Waals surface area (Å²) in [6, 6.07) is 15.0. The zero-order valence-electron chi connectivity index (χ0n) is 13.8. The smallest absolute Gasteiger partial charge is 0.328 e. The zero-order chi connectivity index (χ0) is 17.5. The largest absolute Gasteiger partial charge is 0.467 e. The van der Waals surface area contributed by atoms with E-state index in [0.717, 1.165) is 16.3 Å². The van der Waals surface area contributed by atoms with E-state index in [-0.39, 0.29) is 24.7 Å². The average Bonchev–Trinajstić information content (AvgIpc) is 2.60. The Morgan fingerprint density at radius 1 is 1.21 bits per heavy atom. The van der Waals surface area contributed by atoms with Crippen molar-refractivity contribution in [2.75, 3.05) is 7.11 Å². The highest BCUT2D eigenvalue weighted by Gasteiger charge is 2.23. The zero-order valence-corrected chi connectivity index (χ0v) is 13.8. The van der Waals surface area contributed by atoms with Crippen molar-refractivity contribution in [1.29, 1.82) is 5.26 Å². The molecule has 2 aromatic carbocycles. The minimum Gasteiger partial charge on any atom is -0.467 e. The number of ether oxygens (including phenoxy) is 1. The molecule has 0 saturated heterocycles. The number of methoxy groups -OCH3 is 1. The summed E-state index contributed by atoms with van der Waals surface area (Å²) in [6.45, 7) is 1.70. The van der Waals surface area contributed by atoms with E-state index in [1.54, 1.807) is 6.92 Å². The normalized spacial score (nSPS) is 12.9. The average molecular weight is 324 g/mol. The first-order chi connectivity index (χ1) is 11.5. The quantitative estimate of drug-likeness (QED) is 0.828. The van der Waals surface area contributed by atoms with Crippen molar-refractivity contribution in [3.8, 4) is 6.07 Å². The van der Waals surface area contributed by atoms with Crippen LogP contribution in [0.1, 0.15) is 18.9 Å². The first kappa shape index (κ1) is 17.5. The SMILES string of the molecule is COC(=O)[C@@H](C[C@H](C)C#N)NC(=O)Cc1ccc2ccccc2c1. The van der Waals surface area contributed by atoms with Gasteiger partial charge in [0.2, 0.25) is 5.91 Å². The minimum absolute atomic E-state index is 0.166. The number of esters is 1. The number of hydrogen-bond acceptors (Lipinski definition) is 4. The first-order valence-corrected chi connectivity index (χ1v) is 7.78. The maximum absolute atomic E-state index is 12.2. The predicted octanol–water partition coefficient (Wildman–Crippen LogP) is 2.59. The summed E-state index contributed by atoms with van der Waals surface area (Å²) >= 11 is 0. The lowest BCUT2D eigenvalue weighted by Crippen LogP contribution is -2.43. The monoisotopic (exact) mass is 324 g/mol. The number of fused-ring (bicyclic) bond motifs is 1. The van der Waals surface area contributed by atoms with Gasteiger partial charge in [0.05, 0.1) is 19.6 Å². The Morgan fingerprint density at radius 2 is 1.92 bits per heavy atom. The van der Waals surface area contributed by atoms with Gasteiger partial charge in [-0.25, -0.2) is 4.79 Å². The molecule has 1 amide bonds. The van der Waals surface area contributed by atoms with Crippen LogP contribution in [0.2, 0.25) is 0 Å². The van der Waals surface area contributed by atoms with Gasteiger partial charge in [0.25, 0.3) is 0 Å². The number of nitriles is 1. The van der Waals surface area contributed by atoms with Crippen LogP contribution >= 0.6 is 0 Å². The summed E-state index contributed by atoms with van der Waals surface area (Å²) in [5.41, 5.74) is 0.864. The van der Waals surface area contributed by atoms with Crippen molar-refractivity contribution in [2.45, 2.75) is 25.8 Å². The van der Waals surface area contributed by atoms with Gasteiger partial charge < -0.3 is 10.1 Å². The summed E-state index contributed by atoms with van der Waals surface area (Å²) in [6.07, 6.45) is 0.395. The van der Waals surface area contributed by atoms with E-state index in [2.05, 4.69) is 11.4 Å². The van der Waals surface area contributed by atoms with Crippen LogP contribution in [0.25, 0.3) is 10.8 Å². The second-order valence-electron chi connectivity index (χ2n) is 5.77. The molecule has 1 N–H and O–H groups in total. The van der Waals surface area contributed by atoms with Crippen LogP contribution < -0.4 is 5.32 Å². The lowest BCUT2D eigenvalue weighted by molar-refractivity contribution is -0.145. The summed E-state index contributed by atoms with van der Waals surface area (Å²) in [5.74, 6) is -1.16. The molecule has 0 heterocycles. The number of hydrogen-bond donors (Lipinski definition) is 1. The molecule has 0 unspecified atom stereocenters. The third kappa shape index (κ3) is 4.56. The number of amides is 1. The molecule has 0 spiro atoms. The van der Waals surface area contributed by atoms with Gasteiger partial charge in [0.1, 0.15) is 6.04 Å². The molecule has 24 heavy (non-hydrogen) atoms. The van der Waals surface area contributed by atoms with E-state index in [9.17, 15) is 9.59 Å².